The average molecular weight is 798 g/mol. The van der Waals surface area contributed by atoms with Crippen LogP contribution in [0.4, 0.5) is 0 Å². The molecule has 1 atom stereocenters. The van der Waals surface area contributed by atoms with Crippen LogP contribution in [0.2, 0.25) is 0 Å². The highest BCUT2D eigenvalue weighted by molar-refractivity contribution is 7.99. The molecule has 0 saturated carbocycles. The van der Waals surface area contributed by atoms with Crippen LogP contribution in [0, 0.1) is 0 Å². The molecule has 0 amide bonds. The summed E-state index contributed by atoms with van der Waals surface area (Å²) in [6.07, 6.45) is -0.420. The van der Waals surface area contributed by atoms with Gasteiger partial charge in [-0.2, -0.15) is 0 Å². The van der Waals surface area contributed by atoms with Gasteiger partial charge in [0.05, 0.1) is 22.1 Å². The molecule has 0 fully saturated rings. The zero-order valence-corrected chi connectivity index (χ0v) is 33.6. The minimum atomic E-state index is -0.420. The first-order valence-electron chi connectivity index (χ1n) is 20.7. The Bertz CT molecular complexity index is 3640. The van der Waals surface area contributed by atoms with Crippen molar-refractivity contribution in [2.75, 3.05) is 0 Å². The van der Waals surface area contributed by atoms with Gasteiger partial charge in [0.2, 0.25) is 6.29 Å². The van der Waals surface area contributed by atoms with Gasteiger partial charge in [0.1, 0.15) is 5.84 Å². The first-order valence-corrected chi connectivity index (χ1v) is 21.5. The normalized spacial score (nSPS) is 14.7. The van der Waals surface area contributed by atoms with E-state index in [0.717, 1.165) is 33.7 Å². The van der Waals surface area contributed by atoms with E-state index in [1.165, 1.54) is 75.4 Å². The van der Waals surface area contributed by atoms with E-state index in [1.807, 2.05) is 48.2 Å². The Hall–Kier alpha value is -7.67. The average Bonchev–Trinajstić information content (AvgIpc) is 3.84. The molecule has 0 aliphatic carbocycles. The minimum Gasteiger partial charge on any atom is -0.331 e. The Morgan fingerprint density at radius 1 is 0.426 bits per heavy atom. The van der Waals surface area contributed by atoms with E-state index in [-0.39, 0.29) is 0 Å². The summed E-state index contributed by atoms with van der Waals surface area (Å²) in [6, 6.07) is 72.1. The number of nitrogens with zero attached hydrogens (tertiary/aromatic N) is 4. The number of para-hydroxylation sites is 2. The van der Waals surface area contributed by atoms with E-state index < -0.39 is 6.29 Å². The largest absolute Gasteiger partial charge is 0.331 e. The van der Waals surface area contributed by atoms with Crippen molar-refractivity contribution < 1.29 is 0 Å². The maximum absolute atomic E-state index is 5.28. The molecule has 4 heterocycles. The van der Waals surface area contributed by atoms with Gasteiger partial charge in [-0.05, 0) is 88.3 Å². The van der Waals surface area contributed by atoms with Crippen LogP contribution in [0.15, 0.2) is 220 Å². The highest BCUT2D eigenvalue weighted by Crippen LogP contribution is 2.51. The van der Waals surface area contributed by atoms with Crippen molar-refractivity contribution in [3.05, 3.63) is 211 Å². The lowest BCUT2D eigenvalue weighted by Gasteiger charge is -2.25. The standard InChI is InChI=1S/C55H35N5S/c1-4-15-34(16-5-1)53-56-54(35-17-6-2-7-18-35)58-55(57-53)60-45-24-12-10-21-39(45)42-31-36(27-29-46(42)60)37-28-30-47-44(32-37)51-41-23-14-26-50-52(41)43(40-22-11-13-25-49(40)61-50)33-48(51)59(47)38-19-8-3-9-20-38/h1-33,55H,(H,56,57,58). The molecule has 2 aromatic heterocycles. The van der Waals surface area contributed by atoms with Gasteiger partial charge in [-0.1, -0.05) is 151 Å². The van der Waals surface area contributed by atoms with Gasteiger partial charge in [0.25, 0.3) is 0 Å². The summed E-state index contributed by atoms with van der Waals surface area (Å²) in [5, 5.41) is 11.2. The first-order chi connectivity index (χ1) is 30.2. The summed E-state index contributed by atoms with van der Waals surface area (Å²) in [6.45, 7) is 0. The molecule has 13 rings (SSSR count). The summed E-state index contributed by atoms with van der Waals surface area (Å²) in [5.41, 5.74) is 12.7. The molecule has 2 aliphatic heterocycles. The lowest BCUT2D eigenvalue weighted by Crippen LogP contribution is -2.36. The highest BCUT2D eigenvalue weighted by atomic mass is 32.2. The second-order valence-electron chi connectivity index (χ2n) is 15.8. The van der Waals surface area contributed by atoms with Gasteiger partial charge < -0.3 is 14.5 Å². The van der Waals surface area contributed by atoms with E-state index >= 15 is 0 Å². The van der Waals surface area contributed by atoms with Gasteiger partial charge in [-0.15, -0.1) is 0 Å². The van der Waals surface area contributed by atoms with Crippen LogP contribution < -0.4 is 5.32 Å². The summed E-state index contributed by atoms with van der Waals surface area (Å²) < 4.78 is 4.78. The van der Waals surface area contributed by atoms with E-state index in [4.69, 9.17) is 9.98 Å². The molecule has 0 spiro atoms. The van der Waals surface area contributed by atoms with Crippen LogP contribution >= 0.6 is 11.8 Å². The Morgan fingerprint density at radius 2 is 1.07 bits per heavy atom. The smallest absolute Gasteiger partial charge is 0.204 e. The van der Waals surface area contributed by atoms with Gasteiger partial charge in [0, 0.05) is 53.5 Å². The summed E-state index contributed by atoms with van der Waals surface area (Å²) in [7, 11) is 0. The quantitative estimate of drug-likeness (QED) is 0.189. The Balaban J connectivity index is 1.01. The molecular weight excluding hydrogens is 763 g/mol. The number of hydrogen-bond acceptors (Lipinski definition) is 4. The van der Waals surface area contributed by atoms with Crippen molar-refractivity contribution in [3.8, 4) is 27.9 Å². The molecule has 286 valence electrons. The Kier molecular flexibility index (Phi) is 7.53. The summed E-state index contributed by atoms with van der Waals surface area (Å²) >= 11 is 1.88. The fourth-order valence-electron chi connectivity index (χ4n) is 9.66. The molecule has 61 heavy (non-hydrogen) atoms. The molecule has 1 unspecified atom stereocenters. The number of amidine groups is 2. The zero-order chi connectivity index (χ0) is 40.0. The van der Waals surface area contributed by atoms with Crippen molar-refractivity contribution in [2.24, 2.45) is 9.98 Å². The molecule has 11 aromatic rings. The number of nitrogens with one attached hydrogen (secondary N) is 1. The number of rotatable bonds is 5. The van der Waals surface area contributed by atoms with Crippen LogP contribution in [0.1, 0.15) is 17.4 Å². The molecule has 0 radical (unpaired) electrons. The third-order valence-corrected chi connectivity index (χ3v) is 13.5. The zero-order valence-electron chi connectivity index (χ0n) is 32.8. The number of aromatic nitrogens is 2. The molecule has 6 heteroatoms. The lowest BCUT2D eigenvalue weighted by molar-refractivity contribution is 0.516. The van der Waals surface area contributed by atoms with E-state index in [0.29, 0.717) is 5.84 Å². The summed E-state index contributed by atoms with van der Waals surface area (Å²) in [5.74, 6) is 1.50. The van der Waals surface area contributed by atoms with Crippen LogP contribution in [0.3, 0.4) is 0 Å². The van der Waals surface area contributed by atoms with Crippen molar-refractivity contribution in [3.63, 3.8) is 0 Å². The number of benzene rings is 9. The number of hydrogen-bond donors (Lipinski definition) is 1. The fraction of sp³-hybridized carbons (Fsp3) is 0.0182. The molecule has 2 aliphatic rings. The second-order valence-corrected chi connectivity index (χ2v) is 16.9. The van der Waals surface area contributed by atoms with Gasteiger partial charge >= 0.3 is 0 Å². The SMILES string of the molecule is c1ccc(C2=NC(n3c4ccccc4c4cc(-c5ccc6c(c5)c5c7cccc8c7c(cc5n6-c5ccccc5)-c5ccccc5S8)ccc43)NC(c3ccccc3)=N2)cc1. The molecular formula is C55H35N5S. The van der Waals surface area contributed by atoms with Crippen molar-refractivity contribution in [1.82, 2.24) is 14.5 Å². The molecule has 1 N–H and O–H groups in total. The van der Waals surface area contributed by atoms with Crippen LogP contribution in [0.5, 0.6) is 0 Å². The minimum absolute atomic E-state index is 0.420. The van der Waals surface area contributed by atoms with Crippen molar-refractivity contribution in [1.29, 1.82) is 0 Å². The van der Waals surface area contributed by atoms with Crippen LogP contribution in [0.25, 0.3) is 82.3 Å². The number of aliphatic imine (C=N–C) groups is 2. The topological polar surface area (TPSA) is 46.6 Å². The van der Waals surface area contributed by atoms with E-state index in [1.54, 1.807) is 0 Å². The molecule has 0 saturated heterocycles. The molecule has 5 nitrogen and oxygen atoms in total. The van der Waals surface area contributed by atoms with Crippen LogP contribution in [-0.4, -0.2) is 20.8 Å². The third kappa shape index (κ3) is 5.29. The van der Waals surface area contributed by atoms with Crippen molar-refractivity contribution >= 4 is 77.8 Å². The van der Waals surface area contributed by atoms with Crippen LogP contribution in [-0.2, 0) is 0 Å². The lowest BCUT2D eigenvalue weighted by atomic mass is 9.93. The first kappa shape index (κ1) is 34.2. The predicted octanol–water partition coefficient (Wildman–Crippen LogP) is 13.8. The van der Waals surface area contributed by atoms with Crippen molar-refractivity contribution in [2.45, 2.75) is 16.1 Å². The third-order valence-electron chi connectivity index (χ3n) is 12.4. The number of fused-ring (bicyclic) bond motifs is 9. The Morgan fingerprint density at radius 3 is 1.89 bits per heavy atom. The maximum Gasteiger partial charge on any atom is 0.204 e. The molecule has 0 bridgehead atoms. The fourth-order valence-corrected chi connectivity index (χ4v) is 10.8. The monoisotopic (exact) mass is 797 g/mol. The Labute approximate surface area is 356 Å². The van der Waals surface area contributed by atoms with Gasteiger partial charge in [0.15, 0.2) is 5.84 Å². The van der Waals surface area contributed by atoms with E-state index in [9.17, 15) is 0 Å². The summed E-state index contributed by atoms with van der Waals surface area (Å²) in [4.78, 5) is 12.9. The second kappa shape index (κ2) is 13.4. The molecule has 9 aromatic carbocycles. The van der Waals surface area contributed by atoms with Gasteiger partial charge in [-0.3, -0.25) is 0 Å². The van der Waals surface area contributed by atoms with E-state index in [2.05, 4.69) is 178 Å². The highest BCUT2D eigenvalue weighted by Gasteiger charge is 2.26. The predicted molar refractivity (Wildman–Crippen MR) is 254 cm³/mol. The maximum atomic E-state index is 5.28. The van der Waals surface area contributed by atoms with Gasteiger partial charge in [-0.25, -0.2) is 9.98 Å².